The first-order valence-electron chi connectivity index (χ1n) is 7.99. The minimum atomic E-state index is -0.655. The summed E-state index contributed by atoms with van der Waals surface area (Å²) in [6.07, 6.45) is 0.219. The van der Waals surface area contributed by atoms with Crippen LogP contribution < -0.4 is 4.74 Å². The number of phenolic OH excluding ortho intramolecular Hbond substituents is 2. The molecule has 0 bridgehead atoms. The van der Waals surface area contributed by atoms with Crippen LogP contribution in [0.25, 0.3) is 0 Å². The van der Waals surface area contributed by atoms with Crippen molar-refractivity contribution in [3.63, 3.8) is 0 Å². The highest BCUT2D eigenvalue weighted by Crippen LogP contribution is 2.46. The highest BCUT2D eigenvalue weighted by Gasteiger charge is 2.40. The minimum absolute atomic E-state index is 0.0907. The maximum Gasteiger partial charge on any atom is 0.202 e. The second-order valence-corrected chi connectivity index (χ2v) is 6.34. The largest absolute Gasteiger partial charge is 0.507 e. The lowest BCUT2D eigenvalue weighted by Crippen LogP contribution is -2.26. The third-order valence-electron chi connectivity index (χ3n) is 5.00. The zero-order valence-electron chi connectivity index (χ0n) is 13.5. The number of benzene rings is 2. The molecule has 3 N–H and O–H groups in total. The Morgan fingerprint density at radius 1 is 1.00 bits per heavy atom. The van der Waals surface area contributed by atoms with Crippen molar-refractivity contribution in [3.05, 3.63) is 51.6 Å². The Bertz CT molecular complexity index is 944. The lowest BCUT2D eigenvalue weighted by atomic mass is 9.77. The number of methoxy groups -OCH3 is 1. The number of hydrogen-bond acceptors (Lipinski definition) is 6. The summed E-state index contributed by atoms with van der Waals surface area (Å²) in [5.74, 6) is -1.46. The van der Waals surface area contributed by atoms with Gasteiger partial charge in [0.1, 0.15) is 17.2 Å². The summed E-state index contributed by atoms with van der Waals surface area (Å²) in [4.78, 5) is 25.9. The van der Waals surface area contributed by atoms with Gasteiger partial charge >= 0.3 is 0 Å². The Morgan fingerprint density at radius 2 is 1.68 bits per heavy atom. The monoisotopic (exact) mass is 340 g/mol. The van der Waals surface area contributed by atoms with Crippen molar-refractivity contribution in [2.75, 3.05) is 7.11 Å². The van der Waals surface area contributed by atoms with E-state index in [1.165, 1.54) is 13.2 Å². The van der Waals surface area contributed by atoms with E-state index in [4.69, 9.17) is 4.74 Å². The van der Waals surface area contributed by atoms with E-state index >= 15 is 0 Å². The molecule has 0 saturated heterocycles. The zero-order chi connectivity index (χ0) is 17.9. The third kappa shape index (κ3) is 2.01. The van der Waals surface area contributed by atoms with E-state index in [9.17, 15) is 24.9 Å². The fourth-order valence-corrected chi connectivity index (χ4v) is 3.79. The number of aliphatic hydroxyl groups is 1. The second kappa shape index (κ2) is 5.32. The first kappa shape index (κ1) is 15.7. The number of fused-ring (bicyclic) bond motifs is 3. The van der Waals surface area contributed by atoms with Gasteiger partial charge in [-0.1, -0.05) is 12.1 Å². The predicted octanol–water partition coefficient (Wildman–Crippen LogP) is 1.73. The van der Waals surface area contributed by atoms with Crippen molar-refractivity contribution >= 4 is 11.6 Å². The molecular weight excluding hydrogens is 324 g/mol. The van der Waals surface area contributed by atoms with Crippen LogP contribution in [0.4, 0.5) is 0 Å². The molecule has 2 aliphatic carbocycles. The summed E-state index contributed by atoms with van der Waals surface area (Å²) < 4.78 is 5.19. The minimum Gasteiger partial charge on any atom is -0.507 e. The molecule has 0 radical (unpaired) electrons. The Labute approximate surface area is 143 Å². The van der Waals surface area contributed by atoms with Gasteiger partial charge in [0.2, 0.25) is 5.78 Å². The lowest BCUT2D eigenvalue weighted by Gasteiger charge is -2.28. The van der Waals surface area contributed by atoms with Crippen molar-refractivity contribution in [1.82, 2.24) is 0 Å². The van der Waals surface area contributed by atoms with Crippen LogP contribution in [0.15, 0.2) is 18.2 Å². The maximum absolute atomic E-state index is 13.0. The lowest BCUT2D eigenvalue weighted by molar-refractivity contribution is 0.0970. The molecule has 128 valence electrons. The van der Waals surface area contributed by atoms with Crippen LogP contribution in [-0.2, 0) is 12.8 Å². The van der Waals surface area contributed by atoms with Gasteiger partial charge in [0.05, 0.1) is 29.9 Å². The standard InChI is InChI=1S/C19H16O6/c1-25-12-4-2-3-10-13(12)19(24)15-14(17(10)22)18(23)11-7-8(20)5-6-9(11)16(15)21/h2-4,8,20-21,23H,5-7H2,1H3/t8-/m1/s1. The summed E-state index contributed by atoms with van der Waals surface area (Å²) in [6.45, 7) is 0. The molecule has 0 saturated carbocycles. The first-order chi connectivity index (χ1) is 12.0. The fourth-order valence-electron chi connectivity index (χ4n) is 3.79. The van der Waals surface area contributed by atoms with Gasteiger partial charge in [0.25, 0.3) is 0 Å². The molecule has 0 aromatic heterocycles. The highest BCUT2D eigenvalue weighted by atomic mass is 16.5. The average Bonchev–Trinajstić information content (AvgIpc) is 2.61. The van der Waals surface area contributed by atoms with Gasteiger partial charge in [-0.05, 0) is 18.9 Å². The van der Waals surface area contributed by atoms with Gasteiger partial charge in [0, 0.05) is 23.1 Å². The number of rotatable bonds is 1. The molecule has 0 aliphatic heterocycles. The van der Waals surface area contributed by atoms with E-state index in [2.05, 4.69) is 0 Å². The SMILES string of the molecule is COc1cccc2c1C(=O)c1c(O)c3c(c(O)c1C2=O)C[C@H](O)CC3. The van der Waals surface area contributed by atoms with Crippen molar-refractivity contribution in [1.29, 1.82) is 0 Å². The van der Waals surface area contributed by atoms with Gasteiger partial charge < -0.3 is 20.1 Å². The molecule has 2 aliphatic rings. The Morgan fingerprint density at radius 3 is 2.40 bits per heavy atom. The Hall–Kier alpha value is -2.86. The van der Waals surface area contributed by atoms with E-state index in [1.807, 2.05) is 0 Å². The normalized spacial score (nSPS) is 18.4. The number of aliphatic hydroxyl groups excluding tert-OH is 1. The maximum atomic E-state index is 13.0. The quantitative estimate of drug-likeness (QED) is 0.583. The number of carbonyl (C=O) groups is 2. The molecule has 4 rings (SSSR count). The summed E-state index contributed by atoms with van der Waals surface area (Å²) in [6, 6.07) is 4.65. The molecule has 1 atom stereocenters. The van der Waals surface area contributed by atoms with Gasteiger partial charge in [-0.25, -0.2) is 0 Å². The summed E-state index contributed by atoms with van der Waals surface area (Å²) >= 11 is 0. The van der Waals surface area contributed by atoms with Crippen LogP contribution in [-0.4, -0.2) is 40.1 Å². The van der Waals surface area contributed by atoms with Crippen LogP contribution in [0.5, 0.6) is 17.2 Å². The molecule has 0 heterocycles. The Balaban J connectivity index is 2.05. The van der Waals surface area contributed by atoms with Gasteiger partial charge in [0.15, 0.2) is 5.78 Å². The van der Waals surface area contributed by atoms with Gasteiger partial charge in [-0.15, -0.1) is 0 Å². The van der Waals surface area contributed by atoms with E-state index in [0.29, 0.717) is 24.0 Å². The van der Waals surface area contributed by atoms with Gasteiger partial charge in [-0.2, -0.15) is 0 Å². The summed E-state index contributed by atoms with van der Waals surface area (Å²) in [7, 11) is 1.40. The second-order valence-electron chi connectivity index (χ2n) is 6.34. The molecule has 0 amide bonds. The number of ether oxygens (including phenoxy) is 1. The smallest absolute Gasteiger partial charge is 0.202 e. The van der Waals surface area contributed by atoms with E-state index < -0.39 is 17.7 Å². The molecule has 0 unspecified atom stereocenters. The van der Waals surface area contributed by atoms with Crippen molar-refractivity contribution in [3.8, 4) is 17.2 Å². The molecule has 25 heavy (non-hydrogen) atoms. The van der Waals surface area contributed by atoms with Crippen LogP contribution in [0.3, 0.4) is 0 Å². The van der Waals surface area contributed by atoms with E-state index in [1.54, 1.807) is 12.1 Å². The highest BCUT2D eigenvalue weighted by molar-refractivity contribution is 6.31. The van der Waals surface area contributed by atoms with Crippen LogP contribution in [0.2, 0.25) is 0 Å². The number of hydrogen-bond donors (Lipinski definition) is 3. The van der Waals surface area contributed by atoms with Crippen LogP contribution in [0.1, 0.15) is 49.4 Å². The topological polar surface area (TPSA) is 104 Å². The third-order valence-corrected chi connectivity index (χ3v) is 5.00. The average molecular weight is 340 g/mol. The molecule has 0 fully saturated rings. The number of ketones is 2. The van der Waals surface area contributed by atoms with Gasteiger partial charge in [-0.3, -0.25) is 9.59 Å². The number of aromatic hydroxyl groups is 2. The summed E-state index contributed by atoms with van der Waals surface area (Å²) in [5, 5.41) is 31.2. The van der Waals surface area contributed by atoms with Crippen LogP contribution in [0, 0.1) is 0 Å². The molecule has 6 heteroatoms. The van der Waals surface area contributed by atoms with Crippen LogP contribution >= 0.6 is 0 Å². The molecule has 6 nitrogen and oxygen atoms in total. The first-order valence-corrected chi connectivity index (χ1v) is 7.99. The zero-order valence-corrected chi connectivity index (χ0v) is 13.5. The number of carbonyl (C=O) groups excluding carboxylic acids is 2. The number of phenols is 2. The van der Waals surface area contributed by atoms with E-state index in [-0.39, 0.29) is 45.9 Å². The molecular formula is C19H16O6. The molecule has 2 aromatic carbocycles. The van der Waals surface area contributed by atoms with Crippen molar-refractivity contribution < 1.29 is 29.6 Å². The van der Waals surface area contributed by atoms with Crippen molar-refractivity contribution in [2.45, 2.75) is 25.4 Å². The van der Waals surface area contributed by atoms with Crippen molar-refractivity contribution in [2.24, 2.45) is 0 Å². The molecule has 0 spiro atoms. The summed E-state index contributed by atoms with van der Waals surface area (Å²) in [5.41, 5.74) is 0.588. The Kier molecular flexibility index (Phi) is 3.33. The fraction of sp³-hybridized carbons (Fsp3) is 0.263. The predicted molar refractivity (Wildman–Crippen MR) is 87.7 cm³/mol. The molecule has 2 aromatic rings. The van der Waals surface area contributed by atoms with E-state index in [0.717, 1.165) is 0 Å².